The number of benzene rings is 3. The van der Waals surface area contributed by atoms with Gasteiger partial charge in [-0.15, -0.1) is 0 Å². The van der Waals surface area contributed by atoms with Gasteiger partial charge < -0.3 is 14.2 Å². The predicted octanol–water partition coefficient (Wildman–Crippen LogP) is 3.73. The third kappa shape index (κ3) is 3.73. The molecule has 2 amide bonds. The highest BCUT2D eigenvalue weighted by atomic mass is 16.3. The van der Waals surface area contributed by atoms with Crippen molar-refractivity contribution in [2.45, 2.75) is 0 Å². The zero-order valence-corrected chi connectivity index (χ0v) is 19.3. The molecule has 0 unspecified atom stereocenters. The second kappa shape index (κ2) is 8.81. The molecule has 178 valence electrons. The van der Waals surface area contributed by atoms with Crippen molar-refractivity contribution < 1.29 is 14.0 Å². The number of carbonyl (C=O) groups excluding carboxylic acids is 2. The molecule has 5 aromatic rings. The molecule has 36 heavy (non-hydrogen) atoms. The van der Waals surface area contributed by atoms with Crippen LogP contribution in [-0.4, -0.2) is 57.6 Å². The molecular formula is C28H22N4O4. The molecule has 6 rings (SSSR count). The Morgan fingerprint density at radius 3 is 2.06 bits per heavy atom. The lowest BCUT2D eigenvalue weighted by Gasteiger charge is -2.34. The van der Waals surface area contributed by atoms with Gasteiger partial charge in [0, 0.05) is 37.0 Å². The molecule has 1 saturated heterocycles. The molecule has 8 nitrogen and oxygen atoms in total. The van der Waals surface area contributed by atoms with E-state index in [0.717, 1.165) is 5.39 Å². The highest BCUT2D eigenvalue weighted by molar-refractivity contribution is 6.05. The van der Waals surface area contributed by atoms with Crippen LogP contribution in [0.25, 0.3) is 27.4 Å². The van der Waals surface area contributed by atoms with E-state index in [2.05, 4.69) is 5.10 Å². The third-order valence-electron chi connectivity index (χ3n) is 6.50. The molecule has 0 saturated carbocycles. The molecule has 1 aliphatic rings. The minimum absolute atomic E-state index is 0.195. The lowest BCUT2D eigenvalue weighted by atomic mass is 10.1. The van der Waals surface area contributed by atoms with Crippen LogP contribution in [0.2, 0.25) is 0 Å². The fourth-order valence-corrected chi connectivity index (χ4v) is 4.60. The van der Waals surface area contributed by atoms with Crippen LogP contribution in [0.4, 0.5) is 0 Å². The zero-order valence-electron chi connectivity index (χ0n) is 19.3. The Bertz CT molecular complexity index is 1630. The van der Waals surface area contributed by atoms with E-state index in [-0.39, 0.29) is 23.1 Å². The van der Waals surface area contributed by atoms with Crippen molar-refractivity contribution in [1.29, 1.82) is 0 Å². The van der Waals surface area contributed by atoms with Crippen LogP contribution >= 0.6 is 0 Å². The number of hydrogen-bond donors (Lipinski definition) is 0. The first-order valence-corrected chi connectivity index (χ1v) is 11.7. The molecule has 0 bridgehead atoms. The summed E-state index contributed by atoms with van der Waals surface area (Å²) in [5, 5.41) is 6.31. The molecular weight excluding hydrogens is 456 g/mol. The summed E-state index contributed by atoms with van der Waals surface area (Å²) in [4.78, 5) is 43.1. The van der Waals surface area contributed by atoms with Crippen LogP contribution in [0, 0.1) is 0 Å². The van der Waals surface area contributed by atoms with Crippen molar-refractivity contribution in [3.63, 3.8) is 0 Å². The Labute approximate surface area is 206 Å². The van der Waals surface area contributed by atoms with Gasteiger partial charge >= 0.3 is 0 Å². The number of rotatable bonds is 3. The van der Waals surface area contributed by atoms with Crippen LogP contribution in [-0.2, 0) is 0 Å². The van der Waals surface area contributed by atoms with Gasteiger partial charge in [-0.05, 0) is 30.3 Å². The summed E-state index contributed by atoms with van der Waals surface area (Å²) in [7, 11) is 0. The van der Waals surface area contributed by atoms with E-state index in [1.54, 1.807) is 52.3 Å². The zero-order chi connectivity index (χ0) is 24.6. The van der Waals surface area contributed by atoms with E-state index in [4.69, 9.17) is 4.42 Å². The highest BCUT2D eigenvalue weighted by Crippen LogP contribution is 2.22. The fourth-order valence-electron chi connectivity index (χ4n) is 4.60. The Morgan fingerprint density at radius 2 is 1.33 bits per heavy atom. The number of hydrogen-bond acceptors (Lipinski definition) is 5. The molecule has 0 radical (unpaired) electrons. The SMILES string of the molecule is O=C(c1cc2ccccc2o1)N1CCN(C(=O)c2nn(-c3ccccc3)c(=O)c3ccccc23)CC1. The monoisotopic (exact) mass is 478 g/mol. The number of piperazine rings is 1. The average molecular weight is 479 g/mol. The van der Waals surface area contributed by atoms with Gasteiger partial charge in [-0.1, -0.05) is 54.6 Å². The van der Waals surface area contributed by atoms with Crippen LogP contribution in [0.3, 0.4) is 0 Å². The first kappa shape index (κ1) is 21.8. The van der Waals surface area contributed by atoms with E-state index < -0.39 is 0 Å². The van der Waals surface area contributed by atoms with Crippen LogP contribution in [0.5, 0.6) is 0 Å². The standard InChI is InChI=1S/C28H22N4O4/c33-26-22-12-6-5-11-21(22)25(29-32(26)20-9-2-1-3-10-20)28(35)31-16-14-30(15-17-31)27(34)24-18-19-8-4-7-13-23(19)36-24/h1-13,18H,14-17H2. The molecule has 1 aliphatic heterocycles. The summed E-state index contributed by atoms with van der Waals surface area (Å²) in [6.07, 6.45) is 0. The minimum atomic E-state index is -0.283. The normalized spacial score (nSPS) is 13.9. The van der Waals surface area contributed by atoms with E-state index >= 15 is 0 Å². The number of nitrogens with zero attached hydrogens (tertiary/aromatic N) is 4. The Morgan fingerprint density at radius 1 is 0.722 bits per heavy atom. The second-order valence-corrected chi connectivity index (χ2v) is 8.68. The van der Waals surface area contributed by atoms with Crippen LogP contribution in [0.1, 0.15) is 21.0 Å². The van der Waals surface area contributed by atoms with Crippen molar-refractivity contribution >= 4 is 33.6 Å². The quantitative estimate of drug-likeness (QED) is 0.394. The maximum Gasteiger partial charge on any atom is 0.289 e. The summed E-state index contributed by atoms with van der Waals surface area (Å²) in [6, 6.07) is 25.3. The van der Waals surface area contributed by atoms with Crippen molar-refractivity contribution in [2.75, 3.05) is 26.2 Å². The van der Waals surface area contributed by atoms with Gasteiger partial charge in [0.1, 0.15) is 5.58 Å². The fraction of sp³-hybridized carbons (Fsp3) is 0.143. The molecule has 0 aliphatic carbocycles. The minimum Gasteiger partial charge on any atom is -0.451 e. The van der Waals surface area contributed by atoms with Crippen molar-refractivity contribution in [3.8, 4) is 5.69 Å². The summed E-state index contributed by atoms with van der Waals surface area (Å²) in [5.74, 6) is -0.176. The van der Waals surface area contributed by atoms with Crippen molar-refractivity contribution in [2.24, 2.45) is 0 Å². The Kier molecular flexibility index (Phi) is 5.33. The van der Waals surface area contributed by atoms with Gasteiger partial charge in [0.05, 0.1) is 11.1 Å². The number of para-hydroxylation sites is 2. The van der Waals surface area contributed by atoms with E-state index in [1.165, 1.54) is 4.68 Å². The molecule has 3 heterocycles. The average Bonchev–Trinajstić information content (AvgIpc) is 3.38. The molecule has 0 spiro atoms. The van der Waals surface area contributed by atoms with Gasteiger partial charge in [0.15, 0.2) is 11.5 Å². The maximum absolute atomic E-state index is 13.6. The highest BCUT2D eigenvalue weighted by Gasteiger charge is 2.29. The van der Waals surface area contributed by atoms with Gasteiger partial charge in [-0.3, -0.25) is 14.4 Å². The largest absolute Gasteiger partial charge is 0.451 e. The van der Waals surface area contributed by atoms with Crippen molar-refractivity contribution in [3.05, 3.63) is 107 Å². The number of aromatic nitrogens is 2. The predicted molar refractivity (Wildman–Crippen MR) is 135 cm³/mol. The summed E-state index contributed by atoms with van der Waals surface area (Å²) < 4.78 is 7.00. The van der Waals surface area contributed by atoms with Crippen molar-refractivity contribution in [1.82, 2.24) is 19.6 Å². The number of fused-ring (bicyclic) bond motifs is 2. The third-order valence-corrected chi connectivity index (χ3v) is 6.50. The first-order chi connectivity index (χ1) is 17.6. The van der Waals surface area contributed by atoms with Gasteiger partial charge in [0.25, 0.3) is 17.4 Å². The van der Waals surface area contributed by atoms with Gasteiger partial charge in [0.2, 0.25) is 0 Å². The van der Waals surface area contributed by atoms with E-state index in [9.17, 15) is 14.4 Å². The maximum atomic E-state index is 13.6. The lowest BCUT2D eigenvalue weighted by molar-refractivity contribution is 0.0516. The summed E-state index contributed by atoms with van der Waals surface area (Å²) >= 11 is 0. The van der Waals surface area contributed by atoms with E-state index in [0.29, 0.717) is 54.0 Å². The smallest absolute Gasteiger partial charge is 0.289 e. The molecule has 0 atom stereocenters. The molecule has 1 fully saturated rings. The van der Waals surface area contributed by atoms with Crippen LogP contribution < -0.4 is 5.56 Å². The lowest BCUT2D eigenvalue weighted by Crippen LogP contribution is -2.51. The summed E-state index contributed by atoms with van der Waals surface area (Å²) in [5.41, 5.74) is 1.19. The van der Waals surface area contributed by atoms with E-state index in [1.807, 2.05) is 42.5 Å². The second-order valence-electron chi connectivity index (χ2n) is 8.68. The topological polar surface area (TPSA) is 88.7 Å². The molecule has 2 aromatic heterocycles. The molecule has 8 heteroatoms. The Hall–Kier alpha value is -4.72. The molecule has 3 aromatic carbocycles. The molecule has 0 N–H and O–H groups in total. The van der Waals surface area contributed by atoms with Crippen LogP contribution in [0.15, 0.2) is 94.1 Å². The number of carbonyl (C=O) groups is 2. The Balaban J connectivity index is 1.26. The summed E-state index contributed by atoms with van der Waals surface area (Å²) in [6.45, 7) is 1.45. The van der Waals surface area contributed by atoms with Gasteiger partial charge in [-0.2, -0.15) is 9.78 Å². The number of amides is 2. The van der Waals surface area contributed by atoms with Gasteiger partial charge in [-0.25, -0.2) is 0 Å². The number of furan rings is 1. The first-order valence-electron chi connectivity index (χ1n) is 11.7.